The fourth-order valence-corrected chi connectivity index (χ4v) is 1.54. The highest BCUT2D eigenvalue weighted by atomic mass is 35.5. The molecule has 0 bridgehead atoms. The maximum atomic E-state index is 9.29. The minimum atomic E-state index is 0. The van der Waals surface area contributed by atoms with E-state index in [-0.39, 0.29) is 18.2 Å². The Morgan fingerprint density at radius 3 is 2.88 bits per heavy atom. The van der Waals surface area contributed by atoms with Gasteiger partial charge in [0.15, 0.2) is 11.6 Å². The third-order valence-electron chi connectivity index (χ3n) is 2.24. The second-order valence-corrected chi connectivity index (χ2v) is 3.27. The summed E-state index contributed by atoms with van der Waals surface area (Å²) in [5, 5.41) is 10.2. The quantitative estimate of drug-likeness (QED) is 0.683. The lowest BCUT2D eigenvalue weighted by molar-refractivity contribution is 0.474. The minimum absolute atomic E-state index is 0. The van der Waals surface area contributed by atoms with Crippen LogP contribution in [0.15, 0.2) is 41.1 Å². The number of halogens is 1. The third-order valence-corrected chi connectivity index (χ3v) is 2.24. The van der Waals surface area contributed by atoms with Crippen LogP contribution < -0.4 is 0 Å². The lowest BCUT2D eigenvalue weighted by Crippen LogP contribution is -1.73. The maximum Gasteiger partial charge on any atom is 0.173 e. The van der Waals surface area contributed by atoms with Crippen LogP contribution in [0, 0.1) is 0 Å². The SMILES string of the molecule is Cl.Oc1ccc2cc(-c3ncc[nH]3)oc2c1. The lowest BCUT2D eigenvalue weighted by atomic mass is 10.2. The molecule has 0 fully saturated rings. The molecule has 0 aliphatic rings. The van der Waals surface area contributed by atoms with Gasteiger partial charge in [0.1, 0.15) is 11.3 Å². The van der Waals surface area contributed by atoms with Crippen molar-refractivity contribution < 1.29 is 9.52 Å². The summed E-state index contributed by atoms with van der Waals surface area (Å²) in [6.45, 7) is 0. The standard InChI is InChI=1S/C11H8N2O2.ClH/c14-8-2-1-7-5-10(15-9(7)6-8)11-12-3-4-13-11;/h1-6,14H,(H,12,13);1H. The molecule has 0 unspecified atom stereocenters. The van der Waals surface area contributed by atoms with Gasteiger partial charge in [-0.3, -0.25) is 0 Å². The Morgan fingerprint density at radius 2 is 2.12 bits per heavy atom. The summed E-state index contributed by atoms with van der Waals surface area (Å²) in [7, 11) is 0. The molecule has 82 valence electrons. The van der Waals surface area contributed by atoms with E-state index in [2.05, 4.69) is 9.97 Å². The van der Waals surface area contributed by atoms with Gasteiger partial charge in [-0.2, -0.15) is 0 Å². The smallest absolute Gasteiger partial charge is 0.173 e. The summed E-state index contributed by atoms with van der Waals surface area (Å²) >= 11 is 0. The Morgan fingerprint density at radius 1 is 1.25 bits per heavy atom. The number of fused-ring (bicyclic) bond motifs is 1. The van der Waals surface area contributed by atoms with Gasteiger partial charge in [0.05, 0.1) is 0 Å². The molecular weight excluding hydrogens is 228 g/mol. The van der Waals surface area contributed by atoms with Crippen molar-refractivity contribution in [2.75, 3.05) is 0 Å². The van der Waals surface area contributed by atoms with Gasteiger partial charge in [-0.15, -0.1) is 12.4 Å². The molecule has 0 radical (unpaired) electrons. The van der Waals surface area contributed by atoms with Gasteiger partial charge >= 0.3 is 0 Å². The van der Waals surface area contributed by atoms with Gasteiger partial charge < -0.3 is 14.5 Å². The highest BCUT2D eigenvalue weighted by Gasteiger charge is 2.07. The number of rotatable bonds is 1. The minimum Gasteiger partial charge on any atom is -0.508 e. The predicted octanol–water partition coefficient (Wildman–Crippen LogP) is 2.95. The van der Waals surface area contributed by atoms with E-state index in [4.69, 9.17) is 4.42 Å². The van der Waals surface area contributed by atoms with Gasteiger partial charge in [0.2, 0.25) is 0 Å². The van der Waals surface area contributed by atoms with E-state index in [9.17, 15) is 5.11 Å². The van der Waals surface area contributed by atoms with Gasteiger partial charge in [-0.05, 0) is 18.2 Å². The second kappa shape index (κ2) is 3.90. The summed E-state index contributed by atoms with van der Waals surface area (Å²) in [5.41, 5.74) is 0.654. The number of hydrogen-bond acceptors (Lipinski definition) is 3. The highest BCUT2D eigenvalue weighted by molar-refractivity contribution is 5.85. The van der Waals surface area contributed by atoms with Crippen molar-refractivity contribution in [2.24, 2.45) is 0 Å². The number of aromatic nitrogens is 2. The fraction of sp³-hybridized carbons (Fsp3) is 0. The van der Waals surface area contributed by atoms with Crippen LogP contribution in [0.1, 0.15) is 0 Å². The largest absolute Gasteiger partial charge is 0.508 e. The lowest BCUT2D eigenvalue weighted by Gasteiger charge is -1.89. The van der Waals surface area contributed by atoms with E-state index in [0.29, 0.717) is 17.2 Å². The number of H-pyrrole nitrogens is 1. The number of nitrogens with zero attached hydrogens (tertiary/aromatic N) is 1. The topological polar surface area (TPSA) is 62.1 Å². The first-order valence-electron chi connectivity index (χ1n) is 4.55. The zero-order valence-electron chi connectivity index (χ0n) is 8.18. The van der Waals surface area contributed by atoms with Crippen LogP contribution in [0.4, 0.5) is 0 Å². The number of hydrogen-bond donors (Lipinski definition) is 2. The molecule has 5 heteroatoms. The molecule has 0 saturated heterocycles. The summed E-state index contributed by atoms with van der Waals surface area (Å²) in [6.07, 6.45) is 3.40. The van der Waals surface area contributed by atoms with Crippen LogP contribution >= 0.6 is 12.4 Å². The number of imidazole rings is 1. The van der Waals surface area contributed by atoms with Crippen molar-refractivity contribution >= 4 is 23.4 Å². The summed E-state index contributed by atoms with van der Waals surface area (Å²) in [4.78, 5) is 7.05. The third kappa shape index (κ3) is 1.63. The molecule has 0 spiro atoms. The zero-order chi connectivity index (χ0) is 10.3. The molecule has 0 amide bonds. The van der Waals surface area contributed by atoms with E-state index >= 15 is 0 Å². The van der Waals surface area contributed by atoms with Crippen molar-refractivity contribution in [1.82, 2.24) is 9.97 Å². The van der Waals surface area contributed by atoms with Crippen molar-refractivity contribution in [3.05, 3.63) is 36.7 Å². The molecule has 2 heterocycles. The number of nitrogens with one attached hydrogen (secondary N) is 1. The molecule has 2 N–H and O–H groups in total. The Balaban J connectivity index is 0.000000963. The van der Waals surface area contributed by atoms with Crippen LogP contribution in [-0.4, -0.2) is 15.1 Å². The second-order valence-electron chi connectivity index (χ2n) is 3.27. The van der Waals surface area contributed by atoms with E-state index in [0.717, 1.165) is 5.39 Å². The molecule has 0 saturated carbocycles. The van der Waals surface area contributed by atoms with Crippen LogP contribution in [0.2, 0.25) is 0 Å². The average molecular weight is 237 g/mol. The number of aromatic amines is 1. The molecule has 16 heavy (non-hydrogen) atoms. The normalized spacial score (nSPS) is 10.2. The fourth-order valence-electron chi connectivity index (χ4n) is 1.54. The Bertz CT molecular complexity index is 602. The van der Waals surface area contributed by atoms with Crippen molar-refractivity contribution in [3.63, 3.8) is 0 Å². The Kier molecular flexibility index (Phi) is 2.58. The predicted molar refractivity (Wildman–Crippen MR) is 62.7 cm³/mol. The van der Waals surface area contributed by atoms with Crippen molar-refractivity contribution in [3.8, 4) is 17.3 Å². The summed E-state index contributed by atoms with van der Waals surface area (Å²) < 4.78 is 5.54. The number of phenols is 1. The summed E-state index contributed by atoms with van der Waals surface area (Å²) in [6, 6.07) is 6.90. The van der Waals surface area contributed by atoms with E-state index in [1.807, 2.05) is 6.07 Å². The van der Waals surface area contributed by atoms with Crippen molar-refractivity contribution in [2.45, 2.75) is 0 Å². The van der Waals surface area contributed by atoms with Crippen LogP contribution in [-0.2, 0) is 0 Å². The van der Waals surface area contributed by atoms with Gasteiger partial charge in [0.25, 0.3) is 0 Å². The molecule has 1 aromatic carbocycles. The zero-order valence-corrected chi connectivity index (χ0v) is 8.99. The van der Waals surface area contributed by atoms with Crippen LogP contribution in [0.5, 0.6) is 5.75 Å². The Labute approximate surface area is 97.3 Å². The number of phenolic OH excluding ortho intramolecular Hbond substituents is 1. The maximum absolute atomic E-state index is 9.29. The Hall–Kier alpha value is -1.94. The van der Waals surface area contributed by atoms with E-state index in [1.54, 1.807) is 30.6 Å². The van der Waals surface area contributed by atoms with Gasteiger partial charge in [0, 0.05) is 23.8 Å². The summed E-state index contributed by atoms with van der Waals surface area (Å²) in [5.74, 6) is 1.55. The molecule has 3 rings (SSSR count). The number of benzene rings is 1. The van der Waals surface area contributed by atoms with E-state index < -0.39 is 0 Å². The molecule has 0 aliphatic carbocycles. The molecule has 4 nitrogen and oxygen atoms in total. The van der Waals surface area contributed by atoms with Crippen LogP contribution in [0.3, 0.4) is 0 Å². The van der Waals surface area contributed by atoms with E-state index in [1.165, 1.54) is 0 Å². The highest BCUT2D eigenvalue weighted by Crippen LogP contribution is 2.27. The molecule has 0 atom stereocenters. The molecule has 0 aliphatic heterocycles. The molecule has 3 aromatic rings. The first-order chi connectivity index (χ1) is 7.33. The van der Waals surface area contributed by atoms with Crippen molar-refractivity contribution in [1.29, 1.82) is 0 Å². The first-order valence-corrected chi connectivity index (χ1v) is 4.55. The monoisotopic (exact) mass is 236 g/mol. The molecule has 2 aromatic heterocycles. The van der Waals surface area contributed by atoms with Crippen LogP contribution in [0.25, 0.3) is 22.6 Å². The number of aromatic hydroxyl groups is 1. The molecular formula is C11H9ClN2O2. The average Bonchev–Trinajstić information content (AvgIpc) is 2.84. The first kappa shape index (κ1) is 10.6. The van der Waals surface area contributed by atoms with Gasteiger partial charge in [-0.25, -0.2) is 4.98 Å². The van der Waals surface area contributed by atoms with Gasteiger partial charge in [-0.1, -0.05) is 0 Å². The number of furan rings is 1.